The Labute approximate surface area is 155 Å². The zero-order chi connectivity index (χ0) is 18.3. The minimum atomic E-state index is -0.301. The van der Waals surface area contributed by atoms with Gasteiger partial charge in [-0.1, -0.05) is 23.7 Å². The van der Waals surface area contributed by atoms with Crippen LogP contribution in [0.2, 0.25) is 5.02 Å². The molecular weight excluding hydrogens is 351 g/mol. The van der Waals surface area contributed by atoms with Gasteiger partial charge in [0.05, 0.1) is 5.39 Å². The first-order valence-corrected chi connectivity index (χ1v) is 8.53. The van der Waals surface area contributed by atoms with Gasteiger partial charge < -0.3 is 5.32 Å². The predicted molar refractivity (Wildman–Crippen MR) is 103 cm³/mol. The molecule has 0 atom stereocenters. The van der Waals surface area contributed by atoms with Crippen molar-refractivity contribution in [3.8, 4) is 5.69 Å². The number of halogens is 2. The van der Waals surface area contributed by atoms with Crippen LogP contribution in [0.1, 0.15) is 11.3 Å². The van der Waals surface area contributed by atoms with Crippen LogP contribution in [-0.4, -0.2) is 14.5 Å². The molecule has 0 fully saturated rings. The molecule has 130 valence electrons. The Balaban J connectivity index is 1.91. The van der Waals surface area contributed by atoms with Gasteiger partial charge in [-0.15, -0.1) is 0 Å². The van der Waals surface area contributed by atoms with Gasteiger partial charge in [-0.3, -0.25) is 4.57 Å². The van der Waals surface area contributed by atoms with Gasteiger partial charge in [0, 0.05) is 22.1 Å². The molecule has 0 bridgehead atoms. The molecule has 1 N–H and O–H groups in total. The fourth-order valence-corrected chi connectivity index (χ4v) is 3.31. The summed E-state index contributed by atoms with van der Waals surface area (Å²) in [6, 6.07) is 13.9. The first kappa shape index (κ1) is 16.5. The van der Waals surface area contributed by atoms with E-state index in [9.17, 15) is 4.39 Å². The Bertz CT molecular complexity index is 1120. The number of nitrogens with one attached hydrogen (secondary N) is 1. The molecule has 0 spiro atoms. The smallest absolute Gasteiger partial charge is 0.150 e. The lowest BCUT2D eigenvalue weighted by Crippen LogP contribution is -1.99. The van der Waals surface area contributed by atoms with Gasteiger partial charge in [0.25, 0.3) is 0 Å². The molecule has 2 heterocycles. The van der Waals surface area contributed by atoms with Crippen molar-refractivity contribution in [2.24, 2.45) is 0 Å². The number of anilines is 2. The Morgan fingerprint density at radius 1 is 1.04 bits per heavy atom. The van der Waals surface area contributed by atoms with Gasteiger partial charge >= 0.3 is 0 Å². The molecule has 4 nitrogen and oxygen atoms in total. The van der Waals surface area contributed by atoms with E-state index in [0.717, 1.165) is 28.0 Å². The number of fused-ring (bicyclic) bond motifs is 1. The van der Waals surface area contributed by atoms with Crippen molar-refractivity contribution in [2.75, 3.05) is 5.32 Å². The van der Waals surface area contributed by atoms with E-state index in [4.69, 9.17) is 11.6 Å². The lowest BCUT2D eigenvalue weighted by Gasteiger charge is -2.09. The first-order valence-electron chi connectivity index (χ1n) is 8.16. The molecule has 0 saturated carbocycles. The fourth-order valence-electron chi connectivity index (χ4n) is 3.13. The highest BCUT2D eigenvalue weighted by molar-refractivity contribution is 6.30. The molecule has 2 aromatic carbocycles. The van der Waals surface area contributed by atoms with Crippen molar-refractivity contribution in [2.45, 2.75) is 13.8 Å². The molecule has 4 aromatic rings. The summed E-state index contributed by atoms with van der Waals surface area (Å²) < 4.78 is 15.6. The van der Waals surface area contributed by atoms with E-state index in [1.54, 1.807) is 12.1 Å². The van der Waals surface area contributed by atoms with E-state index in [-0.39, 0.29) is 5.82 Å². The number of aromatic nitrogens is 3. The minimum Gasteiger partial charge on any atom is -0.339 e. The van der Waals surface area contributed by atoms with Crippen molar-refractivity contribution in [1.82, 2.24) is 14.5 Å². The highest BCUT2D eigenvalue weighted by atomic mass is 35.5. The highest BCUT2D eigenvalue weighted by Crippen LogP contribution is 2.33. The zero-order valence-corrected chi connectivity index (χ0v) is 15.0. The van der Waals surface area contributed by atoms with Crippen LogP contribution < -0.4 is 5.32 Å². The van der Waals surface area contributed by atoms with E-state index < -0.39 is 0 Å². The Morgan fingerprint density at radius 2 is 1.85 bits per heavy atom. The predicted octanol–water partition coefficient (Wildman–Crippen LogP) is 5.57. The summed E-state index contributed by atoms with van der Waals surface area (Å²) in [5, 5.41) is 4.76. The van der Waals surface area contributed by atoms with Crippen LogP contribution >= 0.6 is 11.6 Å². The molecule has 2 aromatic heterocycles. The zero-order valence-electron chi connectivity index (χ0n) is 14.3. The number of nitrogens with zero attached hydrogens (tertiary/aromatic N) is 3. The monoisotopic (exact) mass is 366 g/mol. The number of rotatable bonds is 3. The first-order chi connectivity index (χ1) is 12.5. The maximum atomic E-state index is 13.5. The summed E-state index contributed by atoms with van der Waals surface area (Å²) in [6.07, 6.45) is 1.50. The van der Waals surface area contributed by atoms with Crippen LogP contribution in [0.25, 0.3) is 16.7 Å². The molecule has 4 rings (SSSR count). The van der Waals surface area contributed by atoms with Gasteiger partial charge in [-0.05, 0) is 55.8 Å². The van der Waals surface area contributed by atoms with Gasteiger partial charge in [0.2, 0.25) is 0 Å². The number of hydrogen-bond donors (Lipinski definition) is 1. The normalized spacial score (nSPS) is 11.1. The standard InChI is InChI=1S/C20H16ClFN4/c1-12-13(2)26(17-8-3-5-14(21)9-17)20-18(12)19(23-11-24-20)25-16-7-4-6-15(22)10-16/h3-11H,1-2H3,(H,23,24,25). The van der Waals surface area contributed by atoms with Crippen LogP contribution in [0.5, 0.6) is 0 Å². The highest BCUT2D eigenvalue weighted by Gasteiger charge is 2.18. The third-order valence-electron chi connectivity index (χ3n) is 4.45. The molecule has 0 radical (unpaired) electrons. The summed E-state index contributed by atoms with van der Waals surface area (Å²) in [6.45, 7) is 4.06. The van der Waals surface area contributed by atoms with Gasteiger partial charge in [-0.2, -0.15) is 0 Å². The number of hydrogen-bond acceptors (Lipinski definition) is 3. The van der Waals surface area contributed by atoms with Crippen LogP contribution in [-0.2, 0) is 0 Å². The SMILES string of the molecule is Cc1c(C)n(-c2cccc(Cl)c2)c2ncnc(Nc3cccc(F)c3)c12. The quantitative estimate of drug-likeness (QED) is 0.515. The largest absolute Gasteiger partial charge is 0.339 e. The van der Waals surface area contributed by atoms with Crippen LogP contribution in [0.3, 0.4) is 0 Å². The van der Waals surface area contributed by atoms with Crippen molar-refractivity contribution >= 4 is 34.1 Å². The average Bonchev–Trinajstić information content (AvgIpc) is 2.87. The van der Waals surface area contributed by atoms with Gasteiger partial charge in [0.1, 0.15) is 18.0 Å². The second-order valence-corrected chi connectivity index (χ2v) is 6.52. The fraction of sp³-hybridized carbons (Fsp3) is 0.100. The molecule has 0 saturated heterocycles. The van der Waals surface area contributed by atoms with Crippen molar-refractivity contribution in [1.29, 1.82) is 0 Å². The molecule has 0 aliphatic carbocycles. The molecular formula is C20H16ClFN4. The summed E-state index contributed by atoms with van der Waals surface area (Å²) in [7, 11) is 0. The summed E-state index contributed by atoms with van der Waals surface area (Å²) in [5.41, 5.74) is 4.45. The number of benzene rings is 2. The summed E-state index contributed by atoms with van der Waals surface area (Å²) >= 11 is 6.16. The van der Waals surface area contributed by atoms with Crippen LogP contribution in [0, 0.1) is 19.7 Å². The maximum Gasteiger partial charge on any atom is 0.150 e. The van der Waals surface area contributed by atoms with Gasteiger partial charge in [0.15, 0.2) is 5.65 Å². The van der Waals surface area contributed by atoms with Crippen LogP contribution in [0.4, 0.5) is 15.9 Å². The second kappa shape index (κ2) is 6.42. The Hall–Kier alpha value is -2.92. The van der Waals surface area contributed by atoms with E-state index in [1.807, 2.05) is 38.1 Å². The van der Waals surface area contributed by atoms with Crippen molar-refractivity contribution < 1.29 is 4.39 Å². The topological polar surface area (TPSA) is 42.7 Å². The molecule has 0 unspecified atom stereocenters. The van der Waals surface area contributed by atoms with E-state index in [1.165, 1.54) is 18.5 Å². The van der Waals surface area contributed by atoms with E-state index >= 15 is 0 Å². The molecule has 6 heteroatoms. The van der Waals surface area contributed by atoms with Crippen molar-refractivity contribution in [3.05, 3.63) is 77.0 Å². The third kappa shape index (κ3) is 2.80. The molecule has 0 amide bonds. The van der Waals surface area contributed by atoms with Crippen LogP contribution in [0.15, 0.2) is 54.9 Å². The second-order valence-electron chi connectivity index (χ2n) is 6.08. The number of aryl methyl sites for hydroxylation is 1. The van der Waals surface area contributed by atoms with E-state index in [2.05, 4.69) is 19.9 Å². The Kier molecular flexibility index (Phi) is 4.09. The molecule has 26 heavy (non-hydrogen) atoms. The van der Waals surface area contributed by atoms with Gasteiger partial charge in [-0.25, -0.2) is 14.4 Å². The third-order valence-corrected chi connectivity index (χ3v) is 4.68. The summed E-state index contributed by atoms with van der Waals surface area (Å²) in [4.78, 5) is 8.86. The van der Waals surface area contributed by atoms with Crippen molar-refractivity contribution in [3.63, 3.8) is 0 Å². The lowest BCUT2D eigenvalue weighted by atomic mass is 10.2. The Morgan fingerprint density at radius 3 is 2.62 bits per heavy atom. The molecule has 0 aliphatic heterocycles. The van der Waals surface area contributed by atoms with E-state index in [0.29, 0.717) is 16.5 Å². The minimum absolute atomic E-state index is 0.301. The summed E-state index contributed by atoms with van der Waals surface area (Å²) in [5.74, 6) is 0.340. The average molecular weight is 367 g/mol. The molecule has 0 aliphatic rings. The maximum absolute atomic E-state index is 13.5. The lowest BCUT2D eigenvalue weighted by molar-refractivity contribution is 0.628.